The van der Waals surface area contributed by atoms with Crippen molar-refractivity contribution >= 4 is 77.5 Å². The van der Waals surface area contributed by atoms with Gasteiger partial charge >= 0.3 is 167 Å². The average Bonchev–Trinajstić information content (AvgIpc) is 2.56. The van der Waals surface area contributed by atoms with E-state index in [1.165, 1.54) is 0 Å². The molecule has 0 spiro atoms. The van der Waals surface area contributed by atoms with Crippen molar-refractivity contribution in [3.05, 3.63) is 86.2 Å². The van der Waals surface area contributed by atoms with Crippen molar-refractivity contribution < 1.29 is 2.87 Å². The van der Waals surface area contributed by atoms with Crippen LogP contribution in [-0.2, 0) is 0 Å². The Hall–Kier alpha value is -0.171. The molecule has 5 heteroatoms. The van der Waals surface area contributed by atoms with Crippen LogP contribution in [0, 0.1) is 0 Å². The van der Waals surface area contributed by atoms with Crippen LogP contribution in [-0.4, -0.2) is 18.9 Å². The second-order valence-corrected chi connectivity index (χ2v) is 16.6. The fourth-order valence-corrected chi connectivity index (χ4v) is 11.5. The van der Waals surface area contributed by atoms with Gasteiger partial charge in [0.05, 0.1) is 0 Å². The van der Waals surface area contributed by atoms with Crippen molar-refractivity contribution in [1.82, 2.24) is 0 Å². The third-order valence-electron chi connectivity index (χ3n) is 3.73. The number of hydrogen-bond acceptors (Lipinski definition) is 0. The van der Waals surface area contributed by atoms with Crippen molar-refractivity contribution in [3.8, 4) is 0 Å². The molecule has 0 aliphatic carbocycles. The molecular formula is C18H12Br3FSn. The fraction of sp³-hybridized carbons (Fsp3) is 0. The number of benzene rings is 3. The molecule has 0 aliphatic heterocycles. The fourth-order valence-electron chi connectivity index (χ4n) is 2.54. The maximum absolute atomic E-state index is 16.5. The third-order valence-corrected chi connectivity index (χ3v) is 15.0. The van der Waals surface area contributed by atoms with Gasteiger partial charge in [-0.15, -0.1) is 0 Å². The molecule has 0 radical (unpaired) electrons. The molecule has 0 nitrogen and oxygen atoms in total. The van der Waals surface area contributed by atoms with E-state index in [0.29, 0.717) is 0 Å². The van der Waals surface area contributed by atoms with Crippen molar-refractivity contribution in [2.45, 2.75) is 0 Å². The number of hydrogen-bond donors (Lipinski definition) is 0. The first-order chi connectivity index (χ1) is 11.0. The van der Waals surface area contributed by atoms with E-state index in [1.54, 1.807) is 0 Å². The SMILES string of the molecule is [F][Sn]([c]1ccc(Br)cc1)([c]1ccc(Br)cc1)[c]1ccc(Br)cc1. The summed E-state index contributed by atoms with van der Waals surface area (Å²) < 4.78 is 21.9. The van der Waals surface area contributed by atoms with Gasteiger partial charge in [0.15, 0.2) is 0 Å². The molecule has 0 amide bonds. The Balaban J connectivity index is 2.21. The molecule has 0 saturated carbocycles. The van der Waals surface area contributed by atoms with Crippen LogP contribution in [0.2, 0.25) is 0 Å². The van der Waals surface area contributed by atoms with Crippen LogP contribution in [0.1, 0.15) is 0 Å². The maximum atomic E-state index is 16.5. The van der Waals surface area contributed by atoms with E-state index in [-0.39, 0.29) is 0 Å². The van der Waals surface area contributed by atoms with Gasteiger partial charge in [0.1, 0.15) is 0 Å². The summed E-state index contributed by atoms with van der Waals surface area (Å²) in [6.07, 6.45) is 0. The zero-order valence-corrected chi connectivity index (χ0v) is 19.6. The van der Waals surface area contributed by atoms with E-state index in [4.69, 9.17) is 0 Å². The normalized spacial score (nSPS) is 11.5. The van der Waals surface area contributed by atoms with E-state index in [9.17, 15) is 0 Å². The molecular weight excluding hydrogens is 594 g/mol. The second kappa shape index (κ2) is 7.38. The Morgan fingerprint density at radius 1 is 0.478 bits per heavy atom. The molecule has 0 heterocycles. The summed E-state index contributed by atoms with van der Waals surface area (Å²) in [7, 11) is 0. The predicted octanol–water partition coefficient (Wildman–Crippen LogP) is 4.91. The van der Waals surface area contributed by atoms with E-state index in [1.807, 2.05) is 72.8 Å². The van der Waals surface area contributed by atoms with Gasteiger partial charge in [-0.2, -0.15) is 0 Å². The van der Waals surface area contributed by atoms with Gasteiger partial charge in [-0.05, 0) is 0 Å². The van der Waals surface area contributed by atoms with Crippen LogP contribution in [0.25, 0.3) is 0 Å². The van der Waals surface area contributed by atoms with Crippen LogP contribution in [0.5, 0.6) is 0 Å². The van der Waals surface area contributed by atoms with Crippen molar-refractivity contribution in [3.63, 3.8) is 0 Å². The standard InChI is InChI=1S/3C6H4Br.FH.Sn/c3*7-6-4-2-1-3-5-6;;/h3*2-5H;1H;/q;;;;+1/p-1. The molecule has 0 aliphatic rings. The molecule has 0 atom stereocenters. The Morgan fingerprint density at radius 3 is 0.913 bits per heavy atom. The van der Waals surface area contributed by atoms with Crippen LogP contribution in [0.15, 0.2) is 86.2 Å². The minimum absolute atomic E-state index is 0.812. The van der Waals surface area contributed by atoms with Crippen molar-refractivity contribution in [2.24, 2.45) is 0 Å². The molecule has 116 valence electrons. The average molecular weight is 606 g/mol. The van der Waals surface area contributed by atoms with Gasteiger partial charge in [-0.25, -0.2) is 0 Å². The molecule has 3 rings (SSSR count). The molecule has 0 N–H and O–H groups in total. The third kappa shape index (κ3) is 3.75. The minimum atomic E-state index is -4.43. The van der Waals surface area contributed by atoms with E-state index in [0.717, 1.165) is 24.2 Å². The summed E-state index contributed by atoms with van der Waals surface area (Å²) in [5.41, 5.74) is 0. The molecule has 0 fully saturated rings. The molecule has 0 saturated heterocycles. The molecule has 23 heavy (non-hydrogen) atoms. The molecule has 0 unspecified atom stereocenters. The zero-order chi connectivity index (χ0) is 16.4. The molecule has 3 aromatic carbocycles. The Labute approximate surface area is 165 Å². The predicted molar refractivity (Wildman–Crippen MR) is 108 cm³/mol. The summed E-state index contributed by atoms with van der Waals surface area (Å²) in [4.78, 5) is 0. The Kier molecular flexibility index (Phi) is 5.66. The Morgan fingerprint density at radius 2 is 0.696 bits per heavy atom. The van der Waals surface area contributed by atoms with Gasteiger partial charge in [-0.3, -0.25) is 0 Å². The van der Waals surface area contributed by atoms with Gasteiger partial charge in [0, 0.05) is 0 Å². The van der Waals surface area contributed by atoms with Crippen LogP contribution >= 0.6 is 47.8 Å². The Bertz CT molecular complexity index is 688. The van der Waals surface area contributed by atoms with Gasteiger partial charge in [0.2, 0.25) is 0 Å². The number of halogens is 4. The first-order valence-electron chi connectivity index (χ1n) is 6.97. The monoisotopic (exact) mass is 604 g/mol. The van der Waals surface area contributed by atoms with Crippen LogP contribution in [0.3, 0.4) is 0 Å². The second-order valence-electron chi connectivity index (χ2n) is 5.18. The summed E-state index contributed by atoms with van der Waals surface area (Å²) in [5.74, 6) is 0. The summed E-state index contributed by atoms with van der Waals surface area (Å²) in [5, 5.41) is 0. The van der Waals surface area contributed by atoms with Gasteiger partial charge in [-0.1, -0.05) is 0 Å². The van der Waals surface area contributed by atoms with E-state index < -0.39 is 18.9 Å². The zero-order valence-electron chi connectivity index (χ0n) is 11.9. The quantitative estimate of drug-likeness (QED) is 0.373. The van der Waals surface area contributed by atoms with E-state index in [2.05, 4.69) is 47.8 Å². The summed E-state index contributed by atoms with van der Waals surface area (Å²) in [6, 6.07) is 22.9. The van der Waals surface area contributed by atoms with Crippen LogP contribution in [0.4, 0.5) is 2.87 Å². The van der Waals surface area contributed by atoms with Crippen molar-refractivity contribution in [2.75, 3.05) is 0 Å². The molecule has 0 aromatic heterocycles. The number of rotatable bonds is 3. The van der Waals surface area contributed by atoms with E-state index >= 15 is 2.87 Å². The van der Waals surface area contributed by atoms with Gasteiger partial charge in [0.25, 0.3) is 0 Å². The van der Waals surface area contributed by atoms with Gasteiger partial charge < -0.3 is 0 Å². The molecule has 3 aromatic rings. The topological polar surface area (TPSA) is 0 Å². The van der Waals surface area contributed by atoms with Crippen LogP contribution < -0.4 is 10.7 Å². The summed E-state index contributed by atoms with van der Waals surface area (Å²) in [6.45, 7) is 0. The first-order valence-corrected chi connectivity index (χ1v) is 14.7. The molecule has 0 bridgehead atoms. The first kappa shape index (κ1) is 17.6. The summed E-state index contributed by atoms with van der Waals surface area (Å²) >= 11 is 5.86. The van der Waals surface area contributed by atoms with Crippen molar-refractivity contribution in [1.29, 1.82) is 0 Å².